The van der Waals surface area contributed by atoms with Gasteiger partial charge in [0, 0.05) is 18.0 Å². The molecular weight excluding hydrogens is 499 g/mol. The maximum Gasteiger partial charge on any atom is 0.348 e. The summed E-state index contributed by atoms with van der Waals surface area (Å²) in [5.74, 6) is -0.180. The molecule has 2 aliphatic heterocycles. The van der Waals surface area contributed by atoms with E-state index in [0.717, 1.165) is 43.6 Å². The Morgan fingerprint density at radius 1 is 0.914 bits per heavy atom. The summed E-state index contributed by atoms with van der Waals surface area (Å²) in [4.78, 5) is 19.8. The highest BCUT2D eigenvalue weighted by Gasteiger charge is 2.27. The van der Waals surface area contributed by atoms with Crippen LogP contribution in [0.5, 0.6) is 0 Å². The molecule has 7 heteroatoms. The fraction of sp³-hybridized carbons (Fsp3) is 0.536. The van der Waals surface area contributed by atoms with Crippen LogP contribution in [-0.4, -0.2) is 61.6 Å². The molecule has 3 aliphatic rings. The Kier molecular flexibility index (Phi) is 10.7. The lowest BCUT2D eigenvalue weighted by atomic mass is 9.87. The van der Waals surface area contributed by atoms with Crippen LogP contribution in [0, 0.1) is 0 Å². The first-order valence-corrected chi connectivity index (χ1v) is 13.6. The molecule has 1 aromatic carbocycles. The molecule has 0 unspecified atom stereocenters. The lowest BCUT2D eigenvalue weighted by molar-refractivity contribution is 0.0532. The van der Waals surface area contributed by atoms with Crippen LogP contribution in [0.3, 0.4) is 0 Å². The molecule has 5 rings (SSSR count). The Hall–Kier alpha value is -1.37. The normalized spacial score (nSPS) is 18.2. The van der Waals surface area contributed by atoms with Gasteiger partial charge in [0.15, 0.2) is 0 Å². The summed E-state index contributed by atoms with van der Waals surface area (Å²) < 4.78 is 5.32. The van der Waals surface area contributed by atoms with Crippen molar-refractivity contribution in [1.29, 1.82) is 0 Å². The number of carbonyl (C=O) groups is 1. The van der Waals surface area contributed by atoms with E-state index >= 15 is 0 Å². The van der Waals surface area contributed by atoms with Gasteiger partial charge in [0.1, 0.15) is 4.88 Å². The summed E-state index contributed by atoms with van der Waals surface area (Å²) in [5, 5.41) is 0. The number of hydrogen-bond donors (Lipinski definition) is 0. The highest BCUT2D eigenvalue weighted by molar-refractivity contribution is 7.14. The van der Waals surface area contributed by atoms with E-state index in [2.05, 4.69) is 40.1 Å². The van der Waals surface area contributed by atoms with Gasteiger partial charge in [-0.15, -0.1) is 36.2 Å². The van der Waals surface area contributed by atoms with Gasteiger partial charge in [0.2, 0.25) is 0 Å². The van der Waals surface area contributed by atoms with E-state index in [1.54, 1.807) is 16.9 Å². The van der Waals surface area contributed by atoms with Gasteiger partial charge in [-0.1, -0.05) is 29.8 Å². The van der Waals surface area contributed by atoms with Gasteiger partial charge in [-0.25, -0.2) is 4.79 Å². The molecule has 0 N–H and O–H groups in total. The van der Waals surface area contributed by atoms with Crippen molar-refractivity contribution in [3.8, 4) is 0 Å². The Balaban J connectivity index is 0.00000171. The third-order valence-electron chi connectivity index (χ3n) is 7.42. The van der Waals surface area contributed by atoms with Gasteiger partial charge in [0.05, 0.1) is 6.61 Å². The number of hydrogen-bond acceptors (Lipinski definition) is 5. The quantitative estimate of drug-likeness (QED) is 0.408. The number of aryl methyl sites for hydroxylation is 2. The highest BCUT2D eigenvalue weighted by Crippen LogP contribution is 2.41. The smallest absolute Gasteiger partial charge is 0.348 e. The van der Waals surface area contributed by atoms with Crippen LogP contribution in [0.4, 0.5) is 0 Å². The predicted molar refractivity (Wildman–Crippen MR) is 151 cm³/mol. The van der Waals surface area contributed by atoms with Gasteiger partial charge in [-0.3, -0.25) is 0 Å². The molecule has 0 radical (unpaired) electrons. The molecule has 4 nitrogen and oxygen atoms in total. The van der Waals surface area contributed by atoms with E-state index in [9.17, 15) is 4.79 Å². The zero-order valence-corrected chi connectivity index (χ0v) is 23.2. The van der Waals surface area contributed by atoms with Crippen molar-refractivity contribution in [3.63, 3.8) is 0 Å². The maximum atomic E-state index is 12.5. The molecule has 2 aromatic rings. The summed E-state index contributed by atoms with van der Waals surface area (Å²) in [6.45, 7) is 9.65. The van der Waals surface area contributed by atoms with Gasteiger partial charge in [0.25, 0.3) is 0 Å². The molecule has 3 heterocycles. The van der Waals surface area contributed by atoms with Crippen LogP contribution in [0.1, 0.15) is 70.3 Å². The maximum absolute atomic E-state index is 12.5. The molecule has 0 atom stereocenters. The number of benzene rings is 1. The van der Waals surface area contributed by atoms with E-state index in [4.69, 9.17) is 4.74 Å². The largest absolute Gasteiger partial charge is 0.462 e. The number of rotatable bonds is 6. The van der Waals surface area contributed by atoms with E-state index in [1.165, 1.54) is 72.6 Å². The number of fused-ring (bicyclic) bond motifs is 2. The summed E-state index contributed by atoms with van der Waals surface area (Å²) in [7, 11) is 0. The molecule has 1 aromatic heterocycles. The van der Waals surface area contributed by atoms with Crippen molar-refractivity contribution in [2.75, 3.05) is 45.9 Å². The van der Waals surface area contributed by atoms with Gasteiger partial charge < -0.3 is 14.5 Å². The highest BCUT2D eigenvalue weighted by atomic mass is 35.5. The minimum atomic E-state index is -0.180. The second-order valence-corrected chi connectivity index (χ2v) is 10.7. The molecule has 0 bridgehead atoms. The van der Waals surface area contributed by atoms with Crippen molar-refractivity contribution in [2.24, 2.45) is 0 Å². The first kappa shape index (κ1) is 28.2. The average molecular weight is 538 g/mol. The first-order chi connectivity index (χ1) is 16.2. The van der Waals surface area contributed by atoms with Gasteiger partial charge in [-0.05, 0) is 106 Å². The summed E-state index contributed by atoms with van der Waals surface area (Å²) in [5.41, 5.74) is 7.07. The van der Waals surface area contributed by atoms with Crippen molar-refractivity contribution in [1.82, 2.24) is 9.80 Å². The molecule has 2 fully saturated rings. The number of thiophene rings is 1. The Morgan fingerprint density at radius 3 is 2.31 bits per heavy atom. The number of nitrogens with zero attached hydrogens (tertiary/aromatic N) is 2. The number of ether oxygens (including phenoxy) is 1. The topological polar surface area (TPSA) is 32.8 Å². The lowest BCUT2D eigenvalue weighted by Crippen LogP contribution is -2.34. The summed E-state index contributed by atoms with van der Waals surface area (Å²) in [6, 6.07) is 11.0. The molecular formula is C28H38Cl2N2O2S. The molecule has 2 saturated heterocycles. The second kappa shape index (κ2) is 13.3. The van der Waals surface area contributed by atoms with E-state index in [-0.39, 0.29) is 30.8 Å². The van der Waals surface area contributed by atoms with Gasteiger partial charge >= 0.3 is 5.97 Å². The minimum absolute atomic E-state index is 0. The van der Waals surface area contributed by atoms with E-state index in [1.807, 2.05) is 6.92 Å². The average Bonchev–Trinajstić information content (AvgIpc) is 3.48. The molecule has 1 aliphatic carbocycles. The van der Waals surface area contributed by atoms with Crippen molar-refractivity contribution >= 4 is 47.7 Å². The molecule has 0 spiro atoms. The summed E-state index contributed by atoms with van der Waals surface area (Å²) in [6.07, 6.45) is 8.32. The SMILES string of the molecule is CCOC(=O)c1cc2c(s1)CCc1ccccc1C2=C1CCN(CCCN2CCCC2)CC1.Cl.Cl. The summed E-state index contributed by atoms with van der Waals surface area (Å²) >= 11 is 1.63. The monoisotopic (exact) mass is 536 g/mol. The predicted octanol–water partition coefficient (Wildman–Crippen LogP) is 6.25. The number of piperidine rings is 1. The number of esters is 1. The fourth-order valence-corrected chi connectivity index (χ4v) is 6.77. The molecule has 0 saturated carbocycles. The van der Waals surface area contributed by atoms with Crippen molar-refractivity contribution < 1.29 is 9.53 Å². The third-order valence-corrected chi connectivity index (χ3v) is 8.60. The second-order valence-electron chi connectivity index (χ2n) is 9.55. The zero-order chi connectivity index (χ0) is 22.6. The van der Waals surface area contributed by atoms with Crippen LogP contribution < -0.4 is 0 Å². The number of carbonyl (C=O) groups excluding carboxylic acids is 1. The van der Waals surface area contributed by atoms with Crippen molar-refractivity contribution in [3.05, 3.63) is 62.3 Å². The fourth-order valence-electron chi connectivity index (χ4n) is 5.71. The number of likely N-dealkylation sites (tertiary alicyclic amines) is 2. The molecule has 192 valence electrons. The Labute approximate surface area is 226 Å². The van der Waals surface area contributed by atoms with Crippen LogP contribution in [-0.2, 0) is 17.6 Å². The third kappa shape index (κ3) is 6.50. The van der Waals surface area contributed by atoms with Crippen LogP contribution in [0.25, 0.3) is 5.57 Å². The van der Waals surface area contributed by atoms with E-state index in [0.29, 0.717) is 6.61 Å². The van der Waals surface area contributed by atoms with Crippen LogP contribution in [0.2, 0.25) is 0 Å². The molecule has 0 amide bonds. The van der Waals surface area contributed by atoms with Gasteiger partial charge in [-0.2, -0.15) is 0 Å². The van der Waals surface area contributed by atoms with E-state index < -0.39 is 0 Å². The minimum Gasteiger partial charge on any atom is -0.462 e. The van der Waals surface area contributed by atoms with Crippen LogP contribution in [0.15, 0.2) is 35.9 Å². The first-order valence-electron chi connectivity index (χ1n) is 12.8. The zero-order valence-electron chi connectivity index (χ0n) is 20.7. The Morgan fingerprint density at radius 2 is 1.60 bits per heavy atom. The van der Waals surface area contributed by atoms with Crippen molar-refractivity contribution in [2.45, 2.75) is 51.9 Å². The Bertz CT molecular complexity index is 1020. The molecule has 35 heavy (non-hydrogen) atoms. The lowest BCUT2D eigenvalue weighted by Gasteiger charge is -2.30. The number of halogens is 2. The van der Waals surface area contributed by atoms with Crippen LogP contribution >= 0.6 is 36.2 Å². The standard InChI is InChI=1S/C28H36N2O2S.2ClH/c1-2-32-28(31)26-20-24-25(33-26)11-10-21-8-3-4-9-23(21)27(24)22-12-18-30(19-13-22)17-7-16-29-14-5-6-15-29;;/h3-4,8-9,20H,2,5-7,10-19H2,1H3;2*1H.